The number of methoxy groups -OCH3 is 1. The first-order valence-corrected chi connectivity index (χ1v) is 18.3. The molecule has 2 heterocycles. The Bertz CT molecular complexity index is 1180. The Morgan fingerprint density at radius 1 is 1.06 bits per heavy atom. The van der Waals surface area contributed by atoms with Gasteiger partial charge in [-0.05, 0) is 76.0 Å². The minimum absolute atomic E-state index is 0.0161. The fourth-order valence-electron chi connectivity index (χ4n) is 6.57. The van der Waals surface area contributed by atoms with E-state index in [9.17, 15) is 30.3 Å². The summed E-state index contributed by atoms with van der Waals surface area (Å²) in [5, 5.41) is 55.9. The lowest BCUT2D eigenvalue weighted by atomic mass is 9.85. The van der Waals surface area contributed by atoms with E-state index in [2.05, 4.69) is 11.4 Å². The van der Waals surface area contributed by atoms with Gasteiger partial charge in [0.2, 0.25) is 5.91 Å². The number of nitrogens with one attached hydrogen (secondary N) is 1. The van der Waals surface area contributed by atoms with Gasteiger partial charge in [-0.15, -0.1) is 0 Å². The topological polar surface area (TPSA) is 167 Å². The van der Waals surface area contributed by atoms with Gasteiger partial charge >= 0.3 is 0 Å². The van der Waals surface area contributed by atoms with Crippen LogP contribution in [0.25, 0.3) is 0 Å². The van der Waals surface area contributed by atoms with E-state index in [1.165, 1.54) is 14.0 Å². The maximum atomic E-state index is 11.9. The van der Waals surface area contributed by atoms with Crippen molar-refractivity contribution in [3.05, 3.63) is 47.3 Å². The van der Waals surface area contributed by atoms with Crippen molar-refractivity contribution >= 4 is 5.91 Å². The van der Waals surface area contributed by atoms with Crippen LogP contribution in [0.4, 0.5) is 0 Å². The lowest BCUT2D eigenvalue weighted by molar-refractivity contribution is -0.285. The molecule has 0 aromatic rings. The predicted molar refractivity (Wildman–Crippen MR) is 193 cm³/mol. The van der Waals surface area contributed by atoms with Gasteiger partial charge in [0, 0.05) is 31.6 Å². The summed E-state index contributed by atoms with van der Waals surface area (Å²) in [6, 6.07) is -0.542. The lowest BCUT2D eigenvalue weighted by Crippen LogP contribution is -2.55. The summed E-state index contributed by atoms with van der Waals surface area (Å²) in [7, 11) is 1.54. The molecule has 6 N–H and O–H groups in total. The number of amides is 1. The zero-order chi connectivity index (χ0) is 37.9. The quantitative estimate of drug-likeness (QED) is 0.0710. The Morgan fingerprint density at radius 3 is 2.30 bits per heavy atom. The molecule has 2 rings (SSSR count). The molecule has 0 aromatic carbocycles. The molecule has 0 bridgehead atoms. The van der Waals surface area contributed by atoms with E-state index in [1.807, 2.05) is 72.8 Å². The molecule has 2 unspecified atom stereocenters. The highest BCUT2D eigenvalue weighted by Crippen LogP contribution is 2.37. The molecule has 0 radical (unpaired) electrons. The van der Waals surface area contributed by atoms with Gasteiger partial charge in [-0.25, -0.2) is 0 Å². The maximum absolute atomic E-state index is 11.9. The van der Waals surface area contributed by atoms with Crippen molar-refractivity contribution in [3.8, 4) is 0 Å². The van der Waals surface area contributed by atoms with Crippen LogP contribution in [0.15, 0.2) is 47.3 Å². The first kappa shape index (κ1) is 44.1. The van der Waals surface area contributed by atoms with Gasteiger partial charge in [0.25, 0.3) is 0 Å². The molecule has 0 aliphatic carbocycles. The van der Waals surface area contributed by atoms with Gasteiger partial charge in [-0.1, -0.05) is 58.9 Å². The van der Waals surface area contributed by atoms with E-state index in [4.69, 9.17) is 18.9 Å². The third-order valence-corrected chi connectivity index (χ3v) is 10.4. The van der Waals surface area contributed by atoms with Crippen LogP contribution in [-0.2, 0) is 23.7 Å². The number of carbonyl (C=O) groups is 1. The zero-order valence-corrected chi connectivity index (χ0v) is 32.2. The van der Waals surface area contributed by atoms with Crippen LogP contribution in [0.5, 0.6) is 0 Å². The number of aliphatic hydroxyl groups is 5. The average molecular weight is 710 g/mol. The van der Waals surface area contributed by atoms with Crippen molar-refractivity contribution in [1.29, 1.82) is 0 Å². The fraction of sp³-hybridized carbons (Fsp3) is 0.769. The monoisotopic (exact) mass is 709 g/mol. The van der Waals surface area contributed by atoms with Crippen molar-refractivity contribution in [1.82, 2.24) is 5.32 Å². The number of rotatable bonds is 17. The normalized spacial score (nSPS) is 33.8. The fourth-order valence-corrected chi connectivity index (χ4v) is 6.57. The van der Waals surface area contributed by atoms with Crippen LogP contribution in [0.2, 0.25) is 0 Å². The van der Waals surface area contributed by atoms with Crippen molar-refractivity contribution in [2.45, 2.75) is 162 Å². The molecule has 0 aromatic heterocycles. The molecule has 14 atom stereocenters. The molecule has 2 saturated heterocycles. The number of ether oxygens (including phenoxy) is 4. The highest BCUT2D eigenvalue weighted by molar-refractivity contribution is 5.73. The van der Waals surface area contributed by atoms with E-state index in [0.29, 0.717) is 25.0 Å². The van der Waals surface area contributed by atoms with E-state index < -0.39 is 60.8 Å². The highest BCUT2D eigenvalue weighted by Gasteiger charge is 2.45. The second-order valence-corrected chi connectivity index (χ2v) is 14.8. The third kappa shape index (κ3) is 12.8. The molecule has 2 aliphatic heterocycles. The zero-order valence-electron chi connectivity index (χ0n) is 32.2. The summed E-state index contributed by atoms with van der Waals surface area (Å²) in [5.74, 6) is -1.89. The van der Waals surface area contributed by atoms with Crippen molar-refractivity contribution in [2.75, 3.05) is 7.11 Å². The van der Waals surface area contributed by atoms with Crippen LogP contribution in [0, 0.1) is 23.7 Å². The van der Waals surface area contributed by atoms with Crippen LogP contribution in [0.3, 0.4) is 0 Å². The predicted octanol–water partition coefficient (Wildman–Crippen LogP) is 4.67. The van der Waals surface area contributed by atoms with Gasteiger partial charge in [-0.2, -0.15) is 0 Å². The summed E-state index contributed by atoms with van der Waals surface area (Å²) in [6.45, 7) is 18.4. The maximum Gasteiger partial charge on any atom is 0.217 e. The summed E-state index contributed by atoms with van der Waals surface area (Å²) in [4.78, 5) is 11.9. The smallest absolute Gasteiger partial charge is 0.217 e. The van der Waals surface area contributed by atoms with Crippen molar-refractivity contribution in [3.63, 3.8) is 0 Å². The molecule has 0 saturated carbocycles. The standard InChI is InChI=1S/C39H67NO10/c1-12-39(46)21-32(43)27(7)38(50-39)33(47-11)19-26(6)37(49-34-20-31(40-30(10)42)36(45)29(9)48-34)25(5)18-14-17-24(4)35(44)23(3)16-13-15-22(2)28(8)41/h13,15-16,18-19,22,24,26-29,31-32,34-38,41,43-46H,12,14,17,20-21H2,1-11H3,(H,40,42)/b15-13+,23-16+,25-18+,33-19-/t22?,24-,26-,27-,28+,29+,31+,32-,34-,35-,36+,37-,38-,39?/m0/s1. The molecule has 50 heavy (non-hydrogen) atoms. The van der Waals surface area contributed by atoms with E-state index in [-0.39, 0.29) is 42.4 Å². The Balaban J connectivity index is 2.34. The van der Waals surface area contributed by atoms with Gasteiger partial charge in [0.1, 0.15) is 18.0 Å². The van der Waals surface area contributed by atoms with Crippen LogP contribution < -0.4 is 5.32 Å². The van der Waals surface area contributed by atoms with Gasteiger partial charge in [-0.3, -0.25) is 4.79 Å². The minimum atomic E-state index is -1.48. The van der Waals surface area contributed by atoms with Crippen molar-refractivity contribution in [2.24, 2.45) is 23.7 Å². The Kier molecular flexibility index (Phi) is 17.8. The first-order chi connectivity index (χ1) is 23.3. The van der Waals surface area contributed by atoms with Gasteiger partial charge in [0.15, 0.2) is 12.1 Å². The SMILES string of the molecule is CCC1(O)C[C@H](O)[C@H](C)[C@@H](/C(=C/[C@H](C)[C@@H](O[C@H]2C[C@@H](NC(C)=O)[C@H](O)[C@@H](C)O2)/C(C)=C/CC[C@H](C)[C@@H](O)/C(C)=C/C=C/C(C)[C@@H](C)O)OC)O1. The summed E-state index contributed by atoms with van der Waals surface area (Å²) < 4.78 is 24.6. The van der Waals surface area contributed by atoms with E-state index >= 15 is 0 Å². The molecular formula is C39H67NO10. The molecule has 288 valence electrons. The molecule has 0 spiro atoms. The summed E-state index contributed by atoms with van der Waals surface area (Å²) in [5.41, 5.74) is 1.77. The third-order valence-electron chi connectivity index (χ3n) is 10.4. The second-order valence-electron chi connectivity index (χ2n) is 14.8. The number of carbonyl (C=O) groups excluding carboxylic acids is 1. The number of hydrogen-bond acceptors (Lipinski definition) is 10. The summed E-state index contributed by atoms with van der Waals surface area (Å²) in [6.07, 6.45) is 6.51. The molecule has 11 nitrogen and oxygen atoms in total. The average Bonchev–Trinajstić information content (AvgIpc) is 3.05. The largest absolute Gasteiger partial charge is 0.499 e. The number of allylic oxidation sites excluding steroid dienone is 3. The molecule has 2 aliphatic rings. The molecule has 1 amide bonds. The minimum Gasteiger partial charge on any atom is -0.499 e. The van der Waals surface area contributed by atoms with E-state index in [0.717, 1.165) is 11.1 Å². The molecule has 11 heteroatoms. The van der Waals surface area contributed by atoms with Crippen LogP contribution in [-0.4, -0.2) is 99.4 Å². The Hall–Kier alpha value is -2.09. The van der Waals surface area contributed by atoms with E-state index in [1.54, 1.807) is 13.8 Å². The van der Waals surface area contributed by atoms with Crippen molar-refractivity contribution < 1.29 is 49.3 Å². The lowest BCUT2D eigenvalue weighted by Gasteiger charge is -2.43. The van der Waals surface area contributed by atoms with Crippen LogP contribution >= 0.6 is 0 Å². The Morgan fingerprint density at radius 2 is 1.72 bits per heavy atom. The molecular weight excluding hydrogens is 642 g/mol. The number of hydrogen-bond donors (Lipinski definition) is 6. The van der Waals surface area contributed by atoms with Gasteiger partial charge < -0.3 is 49.8 Å². The van der Waals surface area contributed by atoms with Gasteiger partial charge in [0.05, 0.1) is 43.7 Å². The first-order valence-electron chi connectivity index (χ1n) is 18.3. The highest BCUT2D eigenvalue weighted by atomic mass is 16.7. The van der Waals surface area contributed by atoms with Crippen LogP contribution in [0.1, 0.15) is 101 Å². The Labute approximate surface area is 300 Å². The summed E-state index contributed by atoms with van der Waals surface area (Å²) >= 11 is 0. The molecule has 2 fully saturated rings. The number of aliphatic hydroxyl groups excluding tert-OH is 4. The second kappa shape index (κ2) is 20.2.